The average molecular weight is 648 g/mol. The summed E-state index contributed by atoms with van der Waals surface area (Å²) in [6.45, 7) is 0. The Labute approximate surface area is 294 Å². The van der Waals surface area contributed by atoms with Crippen LogP contribution >= 0.6 is 0 Å². The molecule has 2 aromatic heterocycles. The van der Waals surface area contributed by atoms with Crippen molar-refractivity contribution in [1.29, 1.82) is 0 Å². The number of allylic oxidation sites excluding steroid dienone is 11. The van der Waals surface area contributed by atoms with E-state index in [1.165, 1.54) is 72.3 Å². The van der Waals surface area contributed by atoms with E-state index in [-0.39, 0.29) is 12.1 Å². The second kappa shape index (κ2) is 12.2. The van der Waals surface area contributed by atoms with Crippen molar-refractivity contribution in [2.24, 2.45) is 4.99 Å². The van der Waals surface area contributed by atoms with E-state index in [1.807, 2.05) is 0 Å². The van der Waals surface area contributed by atoms with Gasteiger partial charge in [0.05, 0.1) is 16.7 Å². The maximum atomic E-state index is 5.58. The monoisotopic (exact) mass is 647 g/mol. The summed E-state index contributed by atoms with van der Waals surface area (Å²) in [5.74, 6) is 0.272. The third-order valence-electron chi connectivity index (χ3n) is 11.4. The molecule has 2 unspecified atom stereocenters. The summed E-state index contributed by atoms with van der Waals surface area (Å²) >= 11 is 0. The number of aliphatic imine (C=N–C) groups is 1. The highest BCUT2D eigenvalue weighted by molar-refractivity contribution is 6.14. The minimum absolute atomic E-state index is 0.0433. The lowest BCUT2D eigenvalue weighted by atomic mass is 9.80. The Hall–Kier alpha value is -5.41. The van der Waals surface area contributed by atoms with Crippen molar-refractivity contribution in [1.82, 2.24) is 9.13 Å². The number of hydrogen-bond donors (Lipinski definition) is 0. The standard InChI is InChI=1S/C47H41N3/c1-4-16-32(17-5-1)34-30-40(33-18-6-2-7-19-33)48-45(31-34)50-42-27-13-11-23-39(42)47-37(25-15-29-44(47)50)36-24-14-28-43-46(36)38-22-10-12-26-41(38)49(43)35-20-8-3-9-21-35/h1-2,4-6,8,10-11,13-18,20-23,25,27-30,36,45H,3,7,9,12,19,24,26,31H2. The zero-order chi connectivity index (χ0) is 33.0. The van der Waals surface area contributed by atoms with Gasteiger partial charge in [-0.1, -0.05) is 109 Å². The minimum atomic E-state index is -0.0433. The van der Waals surface area contributed by atoms with E-state index in [4.69, 9.17) is 4.99 Å². The van der Waals surface area contributed by atoms with E-state index in [2.05, 4.69) is 149 Å². The summed E-state index contributed by atoms with van der Waals surface area (Å²) in [5.41, 5.74) is 16.2. The number of aromatic nitrogens is 2. The quantitative estimate of drug-likeness (QED) is 0.181. The van der Waals surface area contributed by atoms with E-state index >= 15 is 0 Å². The molecule has 3 heterocycles. The van der Waals surface area contributed by atoms with Crippen molar-refractivity contribution >= 4 is 50.9 Å². The van der Waals surface area contributed by atoms with Crippen LogP contribution in [0.1, 0.15) is 90.7 Å². The SMILES string of the molecule is C1=CCCC(C2=NC(n3c4ccccc4c4c(C5CC=Cc6c5c5c(n6C6=CCCC=C6)CCC=C5)cccc43)CC(c3ccccc3)=C2)=C1. The fourth-order valence-electron chi connectivity index (χ4n) is 9.19. The molecule has 50 heavy (non-hydrogen) atoms. The molecular formula is C47H41N3. The fraction of sp³-hybridized carbons (Fsp3) is 0.213. The molecule has 0 N–H and O–H groups in total. The van der Waals surface area contributed by atoms with Gasteiger partial charge in [0.25, 0.3) is 0 Å². The minimum Gasteiger partial charge on any atom is -0.317 e. The third kappa shape index (κ3) is 4.75. The van der Waals surface area contributed by atoms with Crippen LogP contribution in [0.5, 0.6) is 0 Å². The molecule has 1 aliphatic heterocycles. The van der Waals surface area contributed by atoms with E-state index in [1.54, 1.807) is 0 Å². The highest BCUT2D eigenvalue weighted by atomic mass is 15.1. The molecule has 3 heteroatoms. The predicted octanol–water partition coefficient (Wildman–Crippen LogP) is 12.0. The van der Waals surface area contributed by atoms with E-state index in [9.17, 15) is 0 Å². The Morgan fingerprint density at radius 3 is 2.44 bits per heavy atom. The van der Waals surface area contributed by atoms with E-state index in [0.717, 1.165) is 57.1 Å². The predicted molar refractivity (Wildman–Crippen MR) is 211 cm³/mol. The lowest BCUT2D eigenvalue weighted by molar-refractivity contribution is 0.567. The summed E-state index contributed by atoms with van der Waals surface area (Å²) in [5, 5.41) is 2.70. The van der Waals surface area contributed by atoms with Crippen LogP contribution in [0.15, 0.2) is 138 Å². The number of rotatable bonds is 5. The van der Waals surface area contributed by atoms with Gasteiger partial charge in [0, 0.05) is 40.2 Å². The molecule has 3 nitrogen and oxygen atoms in total. The largest absolute Gasteiger partial charge is 0.317 e. The molecule has 0 amide bonds. The van der Waals surface area contributed by atoms with Gasteiger partial charge in [0.2, 0.25) is 0 Å². The van der Waals surface area contributed by atoms with Crippen LogP contribution in [0, 0.1) is 0 Å². The highest BCUT2D eigenvalue weighted by Crippen LogP contribution is 2.48. The van der Waals surface area contributed by atoms with Gasteiger partial charge in [-0.25, -0.2) is 0 Å². The third-order valence-corrected chi connectivity index (χ3v) is 11.4. The van der Waals surface area contributed by atoms with E-state index < -0.39 is 0 Å². The Morgan fingerprint density at radius 1 is 0.700 bits per heavy atom. The van der Waals surface area contributed by atoms with Crippen LogP contribution in [0.2, 0.25) is 0 Å². The van der Waals surface area contributed by atoms with Crippen LogP contribution < -0.4 is 0 Å². The maximum absolute atomic E-state index is 5.58. The molecule has 5 aliphatic rings. The number of hydrogen-bond acceptors (Lipinski definition) is 1. The second-order valence-corrected chi connectivity index (χ2v) is 14.3. The van der Waals surface area contributed by atoms with Gasteiger partial charge in [-0.2, -0.15) is 0 Å². The lowest BCUT2D eigenvalue weighted by Crippen LogP contribution is -2.16. The average Bonchev–Trinajstić information content (AvgIpc) is 3.72. The lowest BCUT2D eigenvalue weighted by Gasteiger charge is -2.26. The van der Waals surface area contributed by atoms with Crippen LogP contribution in [-0.4, -0.2) is 14.8 Å². The number of para-hydroxylation sites is 1. The Balaban J connectivity index is 1.17. The molecular weight excluding hydrogens is 607 g/mol. The molecule has 4 aliphatic carbocycles. The first-order valence-corrected chi connectivity index (χ1v) is 18.5. The van der Waals surface area contributed by atoms with Gasteiger partial charge < -0.3 is 9.13 Å². The fourth-order valence-corrected chi connectivity index (χ4v) is 9.19. The molecule has 10 rings (SSSR count). The summed E-state index contributed by atoms with van der Waals surface area (Å²) < 4.78 is 5.14. The van der Waals surface area contributed by atoms with Crippen molar-refractivity contribution < 1.29 is 0 Å². The van der Waals surface area contributed by atoms with E-state index in [0.29, 0.717) is 0 Å². The molecule has 0 fully saturated rings. The van der Waals surface area contributed by atoms with Gasteiger partial charge in [0.15, 0.2) is 0 Å². The van der Waals surface area contributed by atoms with Gasteiger partial charge in [-0.05, 0) is 109 Å². The number of fused-ring (bicyclic) bond motifs is 6. The van der Waals surface area contributed by atoms with Crippen molar-refractivity contribution in [3.63, 3.8) is 0 Å². The Bertz CT molecular complexity index is 2430. The molecule has 5 aromatic rings. The van der Waals surface area contributed by atoms with Gasteiger partial charge in [0.1, 0.15) is 6.17 Å². The summed E-state index contributed by atoms with van der Waals surface area (Å²) in [4.78, 5) is 5.58. The zero-order valence-electron chi connectivity index (χ0n) is 28.4. The normalized spacial score (nSPS) is 21.1. The van der Waals surface area contributed by atoms with Crippen molar-refractivity contribution in [2.75, 3.05) is 0 Å². The Morgan fingerprint density at radius 2 is 1.56 bits per heavy atom. The molecule has 3 aromatic carbocycles. The van der Waals surface area contributed by atoms with Crippen LogP contribution in [0.3, 0.4) is 0 Å². The first-order valence-electron chi connectivity index (χ1n) is 18.5. The van der Waals surface area contributed by atoms with Crippen molar-refractivity contribution in [2.45, 2.75) is 63.5 Å². The van der Waals surface area contributed by atoms with Gasteiger partial charge in [-0.3, -0.25) is 4.99 Å². The first kappa shape index (κ1) is 29.5. The van der Waals surface area contributed by atoms with Gasteiger partial charge >= 0.3 is 0 Å². The molecule has 244 valence electrons. The molecule has 0 radical (unpaired) electrons. The van der Waals surface area contributed by atoms with Crippen LogP contribution in [0.25, 0.3) is 45.2 Å². The number of benzene rings is 3. The maximum Gasteiger partial charge on any atom is 0.130 e. The van der Waals surface area contributed by atoms with Crippen LogP contribution in [0.4, 0.5) is 0 Å². The highest BCUT2D eigenvalue weighted by Gasteiger charge is 2.33. The topological polar surface area (TPSA) is 22.2 Å². The smallest absolute Gasteiger partial charge is 0.130 e. The van der Waals surface area contributed by atoms with Crippen molar-refractivity contribution in [3.05, 3.63) is 167 Å². The summed E-state index contributed by atoms with van der Waals surface area (Å²) in [6, 6.07) is 27.0. The Kier molecular flexibility index (Phi) is 7.18. The van der Waals surface area contributed by atoms with Crippen LogP contribution in [-0.2, 0) is 6.42 Å². The number of nitrogens with zero attached hydrogens (tertiary/aromatic N) is 3. The summed E-state index contributed by atoms with van der Waals surface area (Å²) in [6.07, 6.45) is 34.1. The molecule has 0 bridgehead atoms. The number of dihydropyridines is 1. The molecule has 0 saturated carbocycles. The van der Waals surface area contributed by atoms with Gasteiger partial charge in [-0.15, -0.1) is 0 Å². The second-order valence-electron chi connectivity index (χ2n) is 14.3. The van der Waals surface area contributed by atoms with Crippen molar-refractivity contribution in [3.8, 4) is 0 Å². The summed E-state index contributed by atoms with van der Waals surface area (Å²) in [7, 11) is 0. The zero-order valence-corrected chi connectivity index (χ0v) is 28.4. The molecule has 2 atom stereocenters. The first-order chi connectivity index (χ1) is 24.8. The molecule has 0 saturated heterocycles. The molecule has 0 spiro atoms.